The average molecular weight is 288 g/mol. The molecule has 0 fully saturated rings. The summed E-state index contributed by atoms with van der Waals surface area (Å²) in [7, 11) is 3.22. The van der Waals surface area contributed by atoms with Crippen LogP contribution in [0.3, 0.4) is 0 Å². The zero-order valence-corrected chi connectivity index (χ0v) is 12.7. The molecule has 1 aromatic heterocycles. The highest BCUT2D eigenvalue weighted by Crippen LogP contribution is 2.28. The maximum atomic E-state index is 12.0. The molecular weight excluding hydrogens is 268 g/mol. The summed E-state index contributed by atoms with van der Waals surface area (Å²) < 4.78 is 12.6. The molecule has 0 amide bonds. The second kappa shape index (κ2) is 6.01. The minimum absolute atomic E-state index is 0.0550. The third-order valence-corrected chi connectivity index (χ3v) is 3.41. The molecule has 0 aliphatic heterocycles. The highest BCUT2D eigenvalue weighted by Gasteiger charge is 2.13. The zero-order chi connectivity index (χ0) is 15.6. The van der Waals surface area contributed by atoms with Crippen molar-refractivity contribution in [2.75, 3.05) is 14.2 Å². The first-order valence-electron chi connectivity index (χ1n) is 6.69. The molecule has 1 unspecified atom stereocenters. The van der Waals surface area contributed by atoms with Gasteiger partial charge < -0.3 is 19.8 Å². The van der Waals surface area contributed by atoms with Crippen molar-refractivity contribution < 1.29 is 9.47 Å². The predicted octanol–water partition coefficient (Wildman–Crippen LogP) is 2.18. The summed E-state index contributed by atoms with van der Waals surface area (Å²) in [6.07, 6.45) is 1.76. The van der Waals surface area contributed by atoms with Gasteiger partial charge in [0.1, 0.15) is 11.5 Å². The van der Waals surface area contributed by atoms with E-state index in [2.05, 4.69) is 0 Å². The largest absolute Gasteiger partial charge is 0.497 e. The van der Waals surface area contributed by atoms with E-state index in [9.17, 15) is 4.79 Å². The molecule has 0 radical (unpaired) electrons. The Morgan fingerprint density at radius 2 is 1.90 bits per heavy atom. The fraction of sp³-hybridized carbons (Fsp3) is 0.312. The van der Waals surface area contributed by atoms with E-state index in [0.717, 1.165) is 11.4 Å². The highest BCUT2D eigenvalue weighted by molar-refractivity contribution is 5.52. The zero-order valence-electron chi connectivity index (χ0n) is 12.7. The lowest BCUT2D eigenvalue weighted by molar-refractivity contribution is 0.401. The van der Waals surface area contributed by atoms with Crippen LogP contribution in [0.5, 0.6) is 11.5 Å². The molecule has 0 aliphatic rings. The Morgan fingerprint density at radius 1 is 1.19 bits per heavy atom. The van der Waals surface area contributed by atoms with Crippen molar-refractivity contribution in [2.24, 2.45) is 5.73 Å². The molecule has 21 heavy (non-hydrogen) atoms. The lowest BCUT2D eigenvalue weighted by Gasteiger charge is -2.17. The first-order chi connectivity index (χ1) is 9.97. The van der Waals surface area contributed by atoms with Gasteiger partial charge in [-0.05, 0) is 26.0 Å². The van der Waals surface area contributed by atoms with E-state index in [0.29, 0.717) is 17.1 Å². The van der Waals surface area contributed by atoms with Gasteiger partial charge in [-0.3, -0.25) is 4.79 Å². The molecule has 1 atom stereocenters. The van der Waals surface area contributed by atoms with Gasteiger partial charge in [0.25, 0.3) is 0 Å². The Hall–Kier alpha value is -2.27. The normalized spacial score (nSPS) is 12.0. The average Bonchev–Trinajstić information content (AvgIpc) is 2.46. The van der Waals surface area contributed by atoms with E-state index < -0.39 is 0 Å². The van der Waals surface area contributed by atoms with Gasteiger partial charge in [-0.1, -0.05) is 0 Å². The van der Waals surface area contributed by atoms with Crippen molar-refractivity contribution in [3.63, 3.8) is 0 Å². The lowest BCUT2D eigenvalue weighted by atomic mass is 10.1. The number of rotatable bonds is 4. The Kier molecular flexibility index (Phi) is 4.33. The van der Waals surface area contributed by atoms with Crippen molar-refractivity contribution in [1.29, 1.82) is 0 Å². The molecule has 1 heterocycles. The number of nitrogens with two attached hydrogens (primary N) is 1. The van der Waals surface area contributed by atoms with Gasteiger partial charge in [0.15, 0.2) is 5.43 Å². The molecule has 2 rings (SSSR count). The molecule has 5 heteroatoms. The topological polar surface area (TPSA) is 66.5 Å². The van der Waals surface area contributed by atoms with Gasteiger partial charge in [0, 0.05) is 35.6 Å². The summed E-state index contributed by atoms with van der Waals surface area (Å²) in [4.78, 5) is 12.0. The number of ether oxygens (including phenoxy) is 2. The number of pyridine rings is 1. The van der Waals surface area contributed by atoms with Crippen LogP contribution in [0.2, 0.25) is 0 Å². The number of hydrogen-bond donors (Lipinski definition) is 1. The number of nitrogens with zero attached hydrogens (tertiary/aromatic N) is 1. The number of hydrogen-bond acceptors (Lipinski definition) is 4. The van der Waals surface area contributed by atoms with Crippen molar-refractivity contribution >= 4 is 0 Å². The summed E-state index contributed by atoms with van der Waals surface area (Å²) in [5.74, 6) is 1.41. The van der Waals surface area contributed by atoms with E-state index in [1.807, 2.05) is 29.7 Å². The van der Waals surface area contributed by atoms with Gasteiger partial charge in [-0.25, -0.2) is 0 Å². The van der Waals surface area contributed by atoms with Crippen LogP contribution in [0.4, 0.5) is 0 Å². The van der Waals surface area contributed by atoms with Crippen LogP contribution >= 0.6 is 0 Å². The smallest absolute Gasteiger partial charge is 0.186 e. The molecule has 0 aliphatic carbocycles. The van der Waals surface area contributed by atoms with E-state index in [4.69, 9.17) is 15.2 Å². The first kappa shape index (κ1) is 15.1. The maximum absolute atomic E-state index is 12.0. The third-order valence-electron chi connectivity index (χ3n) is 3.41. The molecule has 112 valence electrons. The molecule has 0 bridgehead atoms. The van der Waals surface area contributed by atoms with Crippen molar-refractivity contribution in [1.82, 2.24) is 4.57 Å². The van der Waals surface area contributed by atoms with Crippen LogP contribution in [0, 0.1) is 6.92 Å². The summed E-state index contributed by atoms with van der Waals surface area (Å²) >= 11 is 0. The SMILES string of the molecule is COc1ccc(OC)c(-n2cc(C(C)N)c(=O)cc2C)c1. The van der Waals surface area contributed by atoms with E-state index in [1.165, 1.54) is 0 Å². The second-order valence-electron chi connectivity index (χ2n) is 4.93. The summed E-state index contributed by atoms with van der Waals surface area (Å²) in [6, 6.07) is 6.77. The van der Waals surface area contributed by atoms with E-state index >= 15 is 0 Å². The van der Waals surface area contributed by atoms with Crippen LogP contribution in [-0.4, -0.2) is 18.8 Å². The van der Waals surface area contributed by atoms with Crippen LogP contribution < -0.4 is 20.6 Å². The number of aryl methyl sites for hydroxylation is 1. The Bertz CT molecular complexity index is 705. The minimum Gasteiger partial charge on any atom is -0.497 e. The molecule has 1 aromatic carbocycles. The summed E-state index contributed by atoms with van der Waals surface area (Å²) in [5, 5.41) is 0. The van der Waals surface area contributed by atoms with E-state index in [1.54, 1.807) is 33.4 Å². The first-order valence-corrected chi connectivity index (χ1v) is 6.69. The molecule has 0 saturated carbocycles. The second-order valence-corrected chi connectivity index (χ2v) is 4.93. The molecule has 2 N–H and O–H groups in total. The van der Waals surface area contributed by atoms with Crippen molar-refractivity contribution in [3.8, 4) is 17.2 Å². The van der Waals surface area contributed by atoms with Gasteiger partial charge in [0.2, 0.25) is 0 Å². The van der Waals surface area contributed by atoms with Gasteiger partial charge in [-0.2, -0.15) is 0 Å². The Balaban J connectivity index is 2.71. The van der Waals surface area contributed by atoms with Gasteiger partial charge >= 0.3 is 0 Å². The summed E-state index contributed by atoms with van der Waals surface area (Å²) in [6.45, 7) is 3.66. The van der Waals surface area contributed by atoms with Crippen molar-refractivity contribution in [2.45, 2.75) is 19.9 Å². The fourth-order valence-electron chi connectivity index (χ4n) is 2.23. The van der Waals surface area contributed by atoms with Crippen LogP contribution in [0.25, 0.3) is 5.69 Å². The highest BCUT2D eigenvalue weighted by atomic mass is 16.5. The monoisotopic (exact) mass is 288 g/mol. The molecular formula is C16H20N2O3. The standard InChI is InChI=1S/C16H20N2O3/c1-10-7-15(19)13(11(2)17)9-18(10)14-8-12(20-3)5-6-16(14)21-4/h5-9,11H,17H2,1-4H3. The lowest BCUT2D eigenvalue weighted by Crippen LogP contribution is -2.20. The molecule has 5 nitrogen and oxygen atoms in total. The fourth-order valence-corrected chi connectivity index (χ4v) is 2.23. The minimum atomic E-state index is -0.332. The number of aromatic nitrogens is 1. The third kappa shape index (κ3) is 2.92. The van der Waals surface area contributed by atoms with Crippen LogP contribution in [-0.2, 0) is 0 Å². The maximum Gasteiger partial charge on any atom is 0.186 e. The van der Waals surface area contributed by atoms with Crippen LogP contribution in [0.15, 0.2) is 35.3 Å². The van der Waals surface area contributed by atoms with Gasteiger partial charge in [0.05, 0.1) is 19.9 Å². The molecule has 0 saturated heterocycles. The summed E-state index contributed by atoms with van der Waals surface area (Å²) in [5.41, 5.74) is 7.98. The Morgan fingerprint density at radius 3 is 2.48 bits per heavy atom. The number of methoxy groups -OCH3 is 2. The van der Waals surface area contributed by atoms with Crippen LogP contribution in [0.1, 0.15) is 24.2 Å². The van der Waals surface area contributed by atoms with E-state index in [-0.39, 0.29) is 11.5 Å². The van der Waals surface area contributed by atoms with Crippen molar-refractivity contribution in [3.05, 3.63) is 51.9 Å². The molecule has 0 spiro atoms. The Labute approximate surface area is 123 Å². The van der Waals surface area contributed by atoms with Gasteiger partial charge in [-0.15, -0.1) is 0 Å². The number of benzene rings is 1. The predicted molar refractivity (Wildman–Crippen MR) is 82.5 cm³/mol. The quantitative estimate of drug-likeness (QED) is 0.936. The molecule has 2 aromatic rings.